The van der Waals surface area contributed by atoms with Crippen LogP contribution in [0.3, 0.4) is 0 Å². The molecule has 1 heterocycles. The number of carbonyl (C=O) groups is 1. The predicted molar refractivity (Wildman–Crippen MR) is 98.1 cm³/mol. The first kappa shape index (κ1) is 17.1. The van der Waals surface area contributed by atoms with Crippen molar-refractivity contribution < 1.29 is 14.6 Å². The van der Waals surface area contributed by atoms with Crippen LogP contribution >= 0.6 is 11.8 Å². The molecule has 1 N–H and O–H groups in total. The first-order chi connectivity index (χ1) is 11.4. The highest BCUT2D eigenvalue weighted by Gasteiger charge is 2.38. The molecule has 5 heteroatoms. The lowest BCUT2D eigenvalue weighted by atomic mass is 10.00. The van der Waals surface area contributed by atoms with E-state index in [-0.39, 0.29) is 11.5 Å². The Bertz CT molecular complexity index is 735. The Balaban J connectivity index is 1.88. The van der Waals surface area contributed by atoms with E-state index in [0.717, 1.165) is 22.1 Å². The summed E-state index contributed by atoms with van der Waals surface area (Å²) in [4.78, 5) is 14.1. The lowest BCUT2D eigenvalue weighted by Crippen LogP contribution is -2.41. The number of ether oxygens (including phenoxy) is 1. The molecule has 1 saturated heterocycles. The number of hydrogen-bond acceptors (Lipinski definition) is 4. The number of aliphatic hydroxyl groups excluding tert-OH is 1. The molecule has 128 valence electrons. The van der Waals surface area contributed by atoms with Gasteiger partial charge in [-0.15, -0.1) is 11.8 Å². The number of thioether (sulfide) groups is 1. The number of carbonyl (C=O) groups excluding carboxylic acids is 1. The molecular weight excluding hydrogens is 322 g/mol. The van der Waals surface area contributed by atoms with E-state index in [4.69, 9.17) is 4.74 Å². The van der Waals surface area contributed by atoms with Crippen LogP contribution in [-0.4, -0.2) is 39.4 Å². The summed E-state index contributed by atoms with van der Waals surface area (Å²) in [5.74, 6) is 0.797. The lowest BCUT2D eigenvalue weighted by Gasteiger charge is -2.30. The van der Waals surface area contributed by atoms with E-state index >= 15 is 0 Å². The Morgan fingerprint density at radius 2 is 1.96 bits per heavy atom. The molecule has 0 radical (unpaired) electrons. The number of fused-ring (bicyclic) bond motifs is 1. The quantitative estimate of drug-likeness (QED) is 0.887. The minimum Gasteiger partial charge on any atom is -0.444 e. The third-order valence-corrected chi connectivity index (χ3v) is 5.24. The van der Waals surface area contributed by atoms with Gasteiger partial charge in [-0.1, -0.05) is 42.5 Å². The molecule has 1 fully saturated rings. The van der Waals surface area contributed by atoms with E-state index in [1.165, 1.54) is 0 Å². The average molecular weight is 345 g/mol. The van der Waals surface area contributed by atoms with Gasteiger partial charge in [0.25, 0.3) is 0 Å². The fourth-order valence-corrected chi connectivity index (χ4v) is 4.17. The summed E-state index contributed by atoms with van der Waals surface area (Å²) in [6, 6.07) is 13.9. The minimum absolute atomic E-state index is 0.328. The Labute approximate surface area is 146 Å². The molecule has 1 amide bonds. The fourth-order valence-electron chi connectivity index (χ4n) is 2.93. The van der Waals surface area contributed by atoms with Crippen molar-refractivity contribution in [3.8, 4) is 0 Å². The van der Waals surface area contributed by atoms with Crippen molar-refractivity contribution in [2.45, 2.75) is 37.9 Å². The van der Waals surface area contributed by atoms with Gasteiger partial charge in [-0.2, -0.15) is 0 Å². The van der Waals surface area contributed by atoms with E-state index in [2.05, 4.69) is 0 Å². The van der Waals surface area contributed by atoms with Crippen LogP contribution in [0.15, 0.2) is 42.5 Å². The van der Waals surface area contributed by atoms with Crippen LogP contribution in [0.5, 0.6) is 0 Å². The van der Waals surface area contributed by atoms with Crippen LogP contribution in [0.2, 0.25) is 0 Å². The average Bonchev–Trinajstić information content (AvgIpc) is 3.02. The smallest absolute Gasteiger partial charge is 0.411 e. The topological polar surface area (TPSA) is 49.8 Å². The third-order valence-electron chi connectivity index (χ3n) is 3.97. The number of nitrogens with zero attached hydrogens (tertiary/aromatic N) is 1. The second-order valence-corrected chi connectivity index (χ2v) is 8.17. The molecular formula is C19H23NO3S. The molecule has 0 aromatic heterocycles. The van der Waals surface area contributed by atoms with Crippen molar-refractivity contribution in [3.05, 3.63) is 48.0 Å². The van der Waals surface area contributed by atoms with Crippen LogP contribution in [0.4, 0.5) is 4.79 Å². The van der Waals surface area contributed by atoms with Crippen molar-refractivity contribution >= 4 is 28.6 Å². The normalized spacial score (nSPS) is 19.5. The van der Waals surface area contributed by atoms with Crippen LogP contribution in [0.1, 0.15) is 32.4 Å². The van der Waals surface area contributed by atoms with E-state index in [1.807, 2.05) is 63.2 Å². The van der Waals surface area contributed by atoms with Crippen molar-refractivity contribution in [2.24, 2.45) is 0 Å². The van der Waals surface area contributed by atoms with Gasteiger partial charge in [0.05, 0.1) is 0 Å². The van der Waals surface area contributed by atoms with Gasteiger partial charge in [-0.05, 0) is 37.1 Å². The number of amides is 1. The van der Waals surface area contributed by atoms with E-state index in [0.29, 0.717) is 6.54 Å². The summed E-state index contributed by atoms with van der Waals surface area (Å²) in [5.41, 5.74) is 0.306. The molecule has 24 heavy (non-hydrogen) atoms. The number of benzene rings is 2. The summed E-state index contributed by atoms with van der Waals surface area (Å²) in [6.07, 6.45) is -1.12. The second-order valence-electron chi connectivity index (χ2n) is 6.95. The highest BCUT2D eigenvalue weighted by molar-refractivity contribution is 8.00. The number of aliphatic hydroxyl groups is 1. The lowest BCUT2D eigenvalue weighted by molar-refractivity contribution is 0.0134. The van der Waals surface area contributed by atoms with Gasteiger partial charge in [0.1, 0.15) is 17.1 Å². The van der Waals surface area contributed by atoms with Gasteiger partial charge < -0.3 is 9.84 Å². The van der Waals surface area contributed by atoms with Crippen LogP contribution in [0, 0.1) is 0 Å². The zero-order valence-corrected chi connectivity index (χ0v) is 15.0. The zero-order valence-electron chi connectivity index (χ0n) is 14.2. The molecule has 2 aromatic rings. The minimum atomic E-state index is -0.754. The number of hydrogen-bond donors (Lipinski definition) is 1. The molecule has 1 aliphatic heterocycles. The van der Waals surface area contributed by atoms with Gasteiger partial charge in [-0.25, -0.2) is 4.79 Å². The molecule has 0 saturated carbocycles. The summed E-state index contributed by atoms with van der Waals surface area (Å²) in [5, 5.41) is 12.7. The first-order valence-electron chi connectivity index (χ1n) is 8.14. The van der Waals surface area contributed by atoms with E-state index < -0.39 is 11.7 Å². The molecule has 0 bridgehead atoms. The molecule has 0 spiro atoms. The Hall–Kier alpha value is -1.72. The Morgan fingerprint density at radius 3 is 2.71 bits per heavy atom. The maximum Gasteiger partial charge on any atom is 0.411 e. The first-order valence-corrected chi connectivity index (χ1v) is 9.19. The highest BCUT2D eigenvalue weighted by Crippen LogP contribution is 2.37. The number of rotatable bonds is 2. The van der Waals surface area contributed by atoms with Crippen molar-refractivity contribution in [3.63, 3.8) is 0 Å². The van der Waals surface area contributed by atoms with Crippen molar-refractivity contribution in [1.29, 1.82) is 0 Å². The standard InChI is InChI=1S/C19H23NO3S/c1-19(2,3)23-18(22)20-11-12-24-17(20)16(21)15-10-6-8-13-7-4-5-9-14(13)15/h4-10,16-17,21H,11-12H2,1-3H3/t16-,17+/m0/s1. The summed E-state index contributed by atoms with van der Waals surface area (Å²) < 4.78 is 5.49. The van der Waals surface area contributed by atoms with E-state index in [9.17, 15) is 9.90 Å². The summed E-state index contributed by atoms with van der Waals surface area (Å²) >= 11 is 1.59. The van der Waals surface area contributed by atoms with Gasteiger partial charge in [0, 0.05) is 12.3 Å². The monoisotopic (exact) mass is 345 g/mol. The fraction of sp³-hybridized carbons (Fsp3) is 0.421. The molecule has 1 aliphatic rings. The SMILES string of the molecule is CC(C)(C)OC(=O)N1CCS[C@@H]1[C@@H](O)c1cccc2ccccc12. The molecule has 0 aliphatic carbocycles. The van der Waals surface area contributed by atoms with E-state index in [1.54, 1.807) is 16.7 Å². The Kier molecular flexibility index (Phi) is 4.74. The zero-order chi connectivity index (χ0) is 17.3. The van der Waals surface area contributed by atoms with Gasteiger partial charge in [0.15, 0.2) is 0 Å². The van der Waals surface area contributed by atoms with Gasteiger partial charge in [0.2, 0.25) is 0 Å². The molecule has 4 nitrogen and oxygen atoms in total. The largest absolute Gasteiger partial charge is 0.444 e. The van der Waals surface area contributed by atoms with Gasteiger partial charge >= 0.3 is 6.09 Å². The highest BCUT2D eigenvalue weighted by atomic mass is 32.2. The maximum absolute atomic E-state index is 12.4. The van der Waals surface area contributed by atoms with Crippen LogP contribution < -0.4 is 0 Å². The van der Waals surface area contributed by atoms with Crippen molar-refractivity contribution in [1.82, 2.24) is 4.90 Å². The third kappa shape index (κ3) is 3.52. The molecule has 2 aromatic carbocycles. The maximum atomic E-state index is 12.4. The summed E-state index contributed by atoms with van der Waals surface area (Å²) in [6.45, 7) is 6.14. The van der Waals surface area contributed by atoms with Crippen LogP contribution in [-0.2, 0) is 4.74 Å². The summed E-state index contributed by atoms with van der Waals surface area (Å²) in [7, 11) is 0. The van der Waals surface area contributed by atoms with Gasteiger partial charge in [-0.3, -0.25) is 4.90 Å². The van der Waals surface area contributed by atoms with Crippen molar-refractivity contribution in [2.75, 3.05) is 12.3 Å². The van der Waals surface area contributed by atoms with Crippen LogP contribution in [0.25, 0.3) is 10.8 Å². The molecule has 2 atom stereocenters. The predicted octanol–water partition coefficient (Wildman–Crippen LogP) is 4.18. The molecule has 3 rings (SSSR count). The second kappa shape index (κ2) is 6.65. The molecule has 0 unspecified atom stereocenters. The Morgan fingerprint density at radius 1 is 1.25 bits per heavy atom.